The molecule has 1 heterocycles. The van der Waals surface area contributed by atoms with Crippen molar-refractivity contribution in [1.29, 1.82) is 0 Å². The molecule has 1 fully saturated rings. The highest BCUT2D eigenvalue weighted by Crippen LogP contribution is 2.38. The van der Waals surface area contributed by atoms with E-state index < -0.39 is 30.2 Å². The third kappa shape index (κ3) is 4.82. The molecule has 1 aliphatic carbocycles. The average Bonchev–Trinajstić information content (AvgIpc) is 3.45. The fraction of sp³-hybridized carbons (Fsp3) is 0.381. The lowest BCUT2D eigenvalue weighted by molar-refractivity contribution is -0.121. The summed E-state index contributed by atoms with van der Waals surface area (Å²) in [4.78, 5) is 37.6. The Hall–Kier alpha value is -3.16. The molecule has 1 aliphatic rings. The Bertz CT molecular complexity index is 932. The van der Waals surface area contributed by atoms with Crippen molar-refractivity contribution in [3.05, 3.63) is 53.1 Å². The van der Waals surface area contributed by atoms with E-state index in [0.717, 1.165) is 24.2 Å². The number of aromatic nitrogens is 1. The highest BCUT2D eigenvalue weighted by molar-refractivity contribution is 5.98. The lowest BCUT2D eigenvalue weighted by atomic mass is 10.2. The van der Waals surface area contributed by atoms with Gasteiger partial charge < -0.3 is 19.9 Å². The number of aryl methyl sites for hydroxylation is 1. The second-order valence-corrected chi connectivity index (χ2v) is 7.20. The van der Waals surface area contributed by atoms with E-state index >= 15 is 0 Å². The number of rotatable bonds is 8. The van der Waals surface area contributed by atoms with Crippen LogP contribution in [0, 0.1) is 19.7 Å². The Morgan fingerprint density at radius 2 is 1.86 bits per heavy atom. The Kier molecular flexibility index (Phi) is 6.00. The number of benzene rings is 1. The van der Waals surface area contributed by atoms with Gasteiger partial charge in [-0.25, -0.2) is 9.18 Å². The van der Waals surface area contributed by atoms with Crippen LogP contribution in [0.3, 0.4) is 0 Å². The Balaban J connectivity index is 1.69. The highest BCUT2D eigenvalue weighted by Gasteiger charge is 2.29. The van der Waals surface area contributed by atoms with E-state index in [4.69, 9.17) is 10.5 Å². The monoisotopic (exact) mass is 401 g/mol. The summed E-state index contributed by atoms with van der Waals surface area (Å²) in [7, 11) is 0. The minimum Gasteiger partial charge on any atom is -0.452 e. The minimum absolute atomic E-state index is 0.00748. The first-order valence-electron chi connectivity index (χ1n) is 9.47. The van der Waals surface area contributed by atoms with Gasteiger partial charge in [-0.1, -0.05) is 0 Å². The van der Waals surface area contributed by atoms with Crippen LogP contribution in [-0.2, 0) is 14.3 Å². The standard InChI is InChI=1S/C21H24FN3O4/c1-13-11-18(14(2)25(13)17-7-8-17)21(28)29-12-20(27)24(10-9-19(23)26)16-5-3-15(22)4-6-16/h3-6,11,17H,7-10,12H2,1-2H3,(H2,23,26). The SMILES string of the molecule is Cc1cc(C(=O)OCC(=O)N(CCC(N)=O)c2ccc(F)cc2)c(C)n1C1CC1. The van der Waals surface area contributed by atoms with Gasteiger partial charge in [-0.05, 0) is 57.0 Å². The molecule has 8 heteroatoms. The fourth-order valence-electron chi connectivity index (χ4n) is 3.40. The van der Waals surface area contributed by atoms with Gasteiger partial charge >= 0.3 is 5.97 Å². The molecular weight excluding hydrogens is 377 g/mol. The number of hydrogen-bond acceptors (Lipinski definition) is 4. The third-order valence-electron chi connectivity index (χ3n) is 4.96. The highest BCUT2D eigenvalue weighted by atomic mass is 19.1. The van der Waals surface area contributed by atoms with Crippen molar-refractivity contribution >= 4 is 23.5 Å². The van der Waals surface area contributed by atoms with Crippen LogP contribution in [0.1, 0.15) is 47.1 Å². The van der Waals surface area contributed by atoms with Crippen LogP contribution in [0.2, 0.25) is 0 Å². The van der Waals surface area contributed by atoms with Crippen molar-refractivity contribution in [2.24, 2.45) is 5.73 Å². The molecule has 29 heavy (non-hydrogen) atoms. The Labute approximate surface area is 168 Å². The van der Waals surface area contributed by atoms with E-state index in [1.807, 2.05) is 13.8 Å². The molecule has 1 aromatic carbocycles. The lowest BCUT2D eigenvalue weighted by Gasteiger charge is -2.22. The van der Waals surface area contributed by atoms with Gasteiger partial charge in [0.1, 0.15) is 5.82 Å². The van der Waals surface area contributed by atoms with Crippen LogP contribution in [0.25, 0.3) is 0 Å². The zero-order valence-corrected chi connectivity index (χ0v) is 16.5. The van der Waals surface area contributed by atoms with Crippen LogP contribution >= 0.6 is 0 Å². The van der Waals surface area contributed by atoms with E-state index in [2.05, 4.69) is 4.57 Å². The van der Waals surface area contributed by atoms with Gasteiger partial charge in [-0.3, -0.25) is 9.59 Å². The molecule has 154 valence electrons. The van der Waals surface area contributed by atoms with Gasteiger partial charge in [0, 0.05) is 36.1 Å². The van der Waals surface area contributed by atoms with Gasteiger partial charge in [0.05, 0.1) is 5.56 Å². The van der Waals surface area contributed by atoms with Crippen molar-refractivity contribution in [3.8, 4) is 0 Å². The molecule has 7 nitrogen and oxygen atoms in total. The minimum atomic E-state index is -0.577. The molecule has 1 aromatic heterocycles. The molecule has 3 rings (SSSR count). The molecule has 0 atom stereocenters. The molecule has 0 saturated heterocycles. The number of anilines is 1. The summed E-state index contributed by atoms with van der Waals surface area (Å²) < 4.78 is 20.6. The molecular formula is C21H24FN3O4. The third-order valence-corrected chi connectivity index (χ3v) is 4.96. The molecule has 0 spiro atoms. The topological polar surface area (TPSA) is 94.6 Å². The first kappa shape index (κ1) is 20.6. The summed E-state index contributed by atoms with van der Waals surface area (Å²) >= 11 is 0. The predicted molar refractivity (Wildman–Crippen MR) is 105 cm³/mol. The number of carbonyl (C=O) groups is 3. The first-order chi connectivity index (χ1) is 13.8. The summed E-state index contributed by atoms with van der Waals surface area (Å²) in [6, 6.07) is 7.45. The molecule has 1 saturated carbocycles. The van der Waals surface area contributed by atoms with E-state index in [1.54, 1.807) is 6.07 Å². The van der Waals surface area contributed by atoms with Gasteiger partial charge in [-0.15, -0.1) is 0 Å². The molecule has 0 radical (unpaired) electrons. The van der Waals surface area contributed by atoms with Crippen molar-refractivity contribution < 1.29 is 23.5 Å². The lowest BCUT2D eigenvalue weighted by Crippen LogP contribution is -2.37. The number of amides is 2. The Morgan fingerprint density at radius 3 is 2.45 bits per heavy atom. The fourth-order valence-corrected chi connectivity index (χ4v) is 3.40. The number of primary amides is 1. The second-order valence-electron chi connectivity index (χ2n) is 7.20. The summed E-state index contributed by atoms with van der Waals surface area (Å²) in [6.45, 7) is 3.31. The zero-order chi connectivity index (χ0) is 21.1. The molecule has 2 N–H and O–H groups in total. The largest absolute Gasteiger partial charge is 0.452 e. The maximum absolute atomic E-state index is 13.2. The van der Waals surface area contributed by atoms with E-state index in [1.165, 1.54) is 29.2 Å². The maximum Gasteiger partial charge on any atom is 0.340 e. The van der Waals surface area contributed by atoms with Crippen molar-refractivity contribution in [1.82, 2.24) is 4.57 Å². The normalized spacial score (nSPS) is 13.2. The summed E-state index contributed by atoms with van der Waals surface area (Å²) in [5.41, 5.74) is 7.82. The van der Waals surface area contributed by atoms with Crippen molar-refractivity contribution in [2.75, 3.05) is 18.1 Å². The van der Waals surface area contributed by atoms with Crippen LogP contribution in [0.5, 0.6) is 0 Å². The van der Waals surface area contributed by atoms with Crippen LogP contribution in [-0.4, -0.2) is 35.5 Å². The number of hydrogen-bond donors (Lipinski definition) is 1. The van der Waals surface area contributed by atoms with E-state index in [0.29, 0.717) is 17.3 Å². The van der Waals surface area contributed by atoms with Crippen LogP contribution in [0.4, 0.5) is 10.1 Å². The van der Waals surface area contributed by atoms with E-state index in [9.17, 15) is 18.8 Å². The Morgan fingerprint density at radius 1 is 1.21 bits per heavy atom. The molecule has 2 aromatic rings. The zero-order valence-electron chi connectivity index (χ0n) is 16.5. The van der Waals surface area contributed by atoms with Gasteiger partial charge in [0.2, 0.25) is 5.91 Å². The van der Waals surface area contributed by atoms with Gasteiger partial charge in [0.15, 0.2) is 6.61 Å². The number of nitrogens with two attached hydrogens (primary N) is 1. The summed E-state index contributed by atoms with van der Waals surface area (Å²) in [5.74, 6) is -2.13. The quantitative estimate of drug-likeness (QED) is 0.688. The van der Waals surface area contributed by atoms with Crippen molar-refractivity contribution in [3.63, 3.8) is 0 Å². The van der Waals surface area contributed by atoms with Crippen LogP contribution < -0.4 is 10.6 Å². The number of ether oxygens (including phenoxy) is 1. The smallest absolute Gasteiger partial charge is 0.340 e. The summed E-state index contributed by atoms with van der Waals surface area (Å²) in [6.07, 6.45) is 2.12. The number of esters is 1. The first-order valence-corrected chi connectivity index (χ1v) is 9.47. The average molecular weight is 401 g/mol. The van der Waals surface area contributed by atoms with Gasteiger partial charge in [-0.2, -0.15) is 0 Å². The number of halogens is 1. The van der Waals surface area contributed by atoms with Crippen LogP contribution in [0.15, 0.2) is 30.3 Å². The molecule has 0 aliphatic heterocycles. The number of nitrogens with zero attached hydrogens (tertiary/aromatic N) is 2. The van der Waals surface area contributed by atoms with Crippen molar-refractivity contribution in [2.45, 2.75) is 39.2 Å². The maximum atomic E-state index is 13.2. The summed E-state index contributed by atoms with van der Waals surface area (Å²) in [5, 5.41) is 0. The predicted octanol–water partition coefficient (Wildman–Crippen LogP) is 2.64. The molecule has 0 unspecified atom stereocenters. The van der Waals surface area contributed by atoms with E-state index in [-0.39, 0.29) is 13.0 Å². The molecule has 0 bridgehead atoms. The second kappa shape index (κ2) is 8.46. The number of carbonyl (C=O) groups excluding carboxylic acids is 3. The molecule has 2 amide bonds. The van der Waals surface area contributed by atoms with Gasteiger partial charge in [0.25, 0.3) is 5.91 Å².